The van der Waals surface area contributed by atoms with E-state index in [-0.39, 0.29) is 10.7 Å². The van der Waals surface area contributed by atoms with Gasteiger partial charge in [-0.2, -0.15) is 4.31 Å². The number of Topliss-reactive ketones (excluding diaryl/α,β-unsaturated/α-hetero) is 1. The highest BCUT2D eigenvalue weighted by atomic mass is 32.2. The molecule has 0 aliphatic rings. The molecule has 0 atom stereocenters. The first-order valence-corrected chi connectivity index (χ1v) is 11.4. The first kappa shape index (κ1) is 20.9. The van der Waals surface area contributed by atoms with Crippen LogP contribution in [-0.4, -0.2) is 46.9 Å². The Bertz CT molecular complexity index is 871. The third-order valence-corrected chi connectivity index (χ3v) is 7.33. The number of fused-ring (bicyclic) bond motifs is 1. The van der Waals surface area contributed by atoms with Crippen LogP contribution in [0.25, 0.3) is 11.0 Å². The zero-order chi connectivity index (χ0) is 19.3. The lowest BCUT2D eigenvalue weighted by Crippen LogP contribution is -2.30. The average molecular weight is 398 g/mol. The van der Waals surface area contributed by atoms with Crippen molar-refractivity contribution < 1.29 is 13.2 Å². The summed E-state index contributed by atoms with van der Waals surface area (Å²) in [5.74, 6) is 0.453. The minimum Gasteiger partial charge on any atom is -0.319 e. The summed E-state index contributed by atoms with van der Waals surface area (Å²) in [5, 5.41) is 0.765. The number of rotatable bonds is 10. The third kappa shape index (κ3) is 4.47. The van der Waals surface area contributed by atoms with Crippen molar-refractivity contribution in [3.63, 3.8) is 0 Å². The lowest BCUT2D eigenvalue weighted by molar-refractivity contribution is -0.114. The first-order chi connectivity index (χ1) is 12.3. The standard InChI is InChI=1S/C18H27N3O3S2/c1-5-8-11-21-17-10-9-15(26(23,24)20(6-2)7-3)12-16(17)19-18(21)25-13-14(4)22/h9-10,12H,5-8,11,13H2,1-4H3. The average Bonchev–Trinajstić information content (AvgIpc) is 2.95. The predicted octanol–water partition coefficient (Wildman–Crippen LogP) is 3.55. The van der Waals surface area contributed by atoms with Crippen LogP contribution in [0.1, 0.15) is 40.5 Å². The summed E-state index contributed by atoms with van der Waals surface area (Å²) in [6.45, 7) is 9.00. The highest BCUT2D eigenvalue weighted by Crippen LogP contribution is 2.27. The lowest BCUT2D eigenvalue weighted by Gasteiger charge is -2.18. The summed E-state index contributed by atoms with van der Waals surface area (Å²) in [6.07, 6.45) is 2.05. The molecule has 1 aromatic heterocycles. The zero-order valence-electron chi connectivity index (χ0n) is 15.9. The number of hydrogen-bond donors (Lipinski definition) is 0. The van der Waals surface area contributed by atoms with E-state index >= 15 is 0 Å². The molecule has 0 aliphatic heterocycles. The summed E-state index contributed by atoms with van der Waals surface area (Å²) >= 11 is 1.40. The van der Waals surface area contributed by atoms with Crippen molar-refractivity contribution in [1.82, 2.24) is 13.9 Å². The molecule has 0 amide bonds. The zero-order valence-corrected chi connectivity index (χ0v) is 17.5. The fourth-order valence-corrected chi connectivity index (χ4v) is 5.09. The van der Waals surface area contributed by atoms with E-state index in [9.17, 15) is 13.2 Å². The van der Waals surface area contributed by atoms with Crippen molar-refractivity contribution in [3.8, 4) is 0 Å². The largest absolute Gasteiger partial charge is 0.319 e. The minimum atomic E-state index is -3.52. The number of thioether (sulfide) groups is 1. The van der Waals surface area contributed by atoms with Crippen LogP contribution >= 0.6 is 11.8 Å². The van der Waals surface area contributed by atoms with Crippen LogP contribution in [0.15, 0.2) is 28.3 Å². The number of aromatic nitrogens is 2. The van der Waals surface area contributed by atoms with E-state index in [4.69, 9.17) is 0 Å². The van der Waals surface area contributed by atoms with Crippen LogP contribution in [0.3, 0.4) is 0 Å². The number of hydrogen-bond acceptors (Lipinski definition) is 5. The van der Waals surface area contributed by atoms with Gasteiger partial charge in [-0.1, -0.05) is 39.0 Å². The second kappa shape index (κ2) is 9.01. The SMILES string of the molecule is CCCCn1c(SCC(C)=O)nc2cc(S(=O)(=O)N(CC)CC)ccc21. The number of imidazole rings is 1. The van der Waals surface area contributed by atoms with E-state index in [1.165, 1.54) is 16.1 Å². The molecule has 0 aliphatic carbocycles. The molecule has 1 aromatic carbocycles. The monoisotopic (exact) mass is 397 g/mol. The second-order valence-electron chi connectivity index (χ2n) is 6.13. The molecule has 2 rings (SSSR count). The van der Waals surface area contributed by atoms with Crippen molar-refractivity contribution in [2.75, 3.05) is 18.8 Å². The van der Waals surface area contributed by atoms with Gasteiger partial charge in [0.1, 0.15) is 5.78 Å². The van der Waals surface area contributed by atoms with Crippen molar-refractivity contribution >= 4 is 38.6 Å². The molecule has 0 saturated carbocycles. The Hall–Kier alpha value is -1.38. The van der Waals surface area contributed by atoms with Crippen LogP contribution < -0.4 is 0 Å². The van der Waals surface area contributed by atoms with E-state index in [0.29, 0.717) is 24.4 Å². The normalized spacial score (nSPS) is 12.2. The molecule has 26 heavy (non-hydrogen) atoms. The van der Waals surface area contributed by atoms with E-state index in [2.05, 4.69) is 16.5 Å². The number of benzene rings is 1. The number of carbonyl (C=O) groups is 1. The summed E-state index contributed by atoms with van der Waals surface area (Å²) in [7, 11) is -3.52. The Balaban J connectivity index is 2.50. The minimum absolute atomic E-state index is 0.0916. The van der Waals surface area contributed by atoms with Crippen molar-refractivity contribution in [2.24, 2.45) is 0 Å². The van der Waals surface area contributed by atoms with Crippen LogP contribution in [-0.2, 0) is 21.4 Å². The highest BCUT2D eigenvalue weighted by Gasteiger charge is 2.23. The number of nitrogens with zero attached hydrogens (tertiary/aromatic N) is 3. The topological polar surface area (TPSA) is 72.3 Å². The van der Waals surface area contributed by atoms with Gasteiger partial charge in [0, 0.05) is 19.6 Å². The maximum atomic E-state index is 12.8. The molecule has 1 heterocycles. The Labute approximate surface area is 160 Å². The van der Waals surface area contributed by atoms with Gasteiger partial charge in [-0.05, 0) is 31.5 Å². The van der Waals surface area contributed by atoms with E-state index < -0.39 is 10.0 Å². The quantitative estimate of drug-likeness (QED) is 0.573. The maximum Gasteiger partial charge on any atom is 0.243 e. The van der Waals surface area contributed by atoms with Gasteiger partial charge in [-0.3, -0.25) is 4.79 Å². The van der Waals surface area contributed by atoms with Crippen LogP contribution in [0, 0.1) is 0 Å². The molecule has 0 N–H and O–H groups in total. The van der Waals surface area contributed by atoms with Crippen molar-refractivity contribution in [2.45, 2.75) is 57.1 Å². The van der Waals surface area contributed by atoms with Gasteiger partial charge in [0.15, 0.2) is 5.16 Å². The van der Waals surface area contributed by atoms with Gasteiger partial charge in [-0.15, -0.1) is 0 Å². The summed E-state index contributed by atoms with van der Waals surface area (Å²) in [6, 6.07) is 5.12. The molecule has 0 fully saturated rings. The molecule has 0 radical (unpaired) electrons. The molecular formula is C18H27N3O3S2. The fraction of sp³-hybridized carbons (Fsp3) is 0.556. The Kier molecular flexibility index (Phi) is 7.25. The molecule has 6 nitrogen and oxygen atoms in total. The van der Waals surface area contributed by atoms with E-state index in [1.807, 2.05) is 19.9 Å². The molecular weight excluding hydrogens is 370 g/mol. The highest BCUT2D eigenvalue weighted by molar-refractivity contribution is 7.99. The van der Waals surface area contributed by atoms with Gasteiger partial charge >= 0.3 is 0 Å². The first-order valence-electron chi connectivity index (χ1n) is 8.97. The fourth-order valence-electron chi connectivity index (χ4n) is 2.77. The number of carbonyl (C=O) groups excluding carboxylic acids is 1. The predicted molar refractivity (Wildman–Crippen MR) is 106 cm³/mol. The van der Waals surface area contributed by atoms with Crippen molar-refractivity contribution in [1.29, 1.82) is 0 Å². The Morgan fingerprint density at radius 2 is 1.92 bits per heavy atom. The number of sulfonamides is 1. The summed E-state index contributed by atoms with van der Waals surface area (Å²) in [4.78, 5) is 16.2. The Morgan fingerprint density at radius 1 is 1.23 bits per heavy atom. The molecule has 0 unspecified atom stereocenters. The van der Waals surface area contributed by atoms with Gasteiger partial charge in [0.25, 0.3) is 0 Å². The second-order valence-corrected chi connectivity index (χ2v) is 9.01. The summed E-state index contributed by atoms with van der Waals surface area (Å²) in [5.41, 5.74) is 1.56. The molecule has 0 spiro atoms. The lowest BCUT2D eigenvalue weighted by atomic mass is 10.3. The number of aryl methyl sites for hydroxylation is 1. The van der Waals surface area contributed by atoms with Crippen LogP contribution in [0.4, 0.5) is 0 Å². The molecule has 144 valence electrons. The van der Waals surface area contributed by atoms with E-state index in [0.717, 1.165) is 30.1 Å². The van der Waals surface area contributed by atoms with Gasteiger partial charge in [-0.25, -0.2) is 13.4 Å². The van der Waals surface area contributed by atoms with Crippen LogP contribution in [0.2, 0.25) is 0 Å². The molecule has 8 heteroatoms. The number of unbranched alkanes of at least 4 members (excludes halogenated alkanes) is 1. The van der Waals surface area contributed by atoms with E-state index in [1.54, 1.807) is 19.1 Å². The molecule has 2 aromatic rings. The maximum absolute atomic E-state index is 12.8. The number of ketones is 1. The van der Waals surface area contributed by atoms with Gasteiger partial charge in [0.2, 0.25) is 10.0 Å². The Morgan fingerprint density at radius 3 is 2.50 bits per heavy atom. The van der Waals surface area contributed by atoms with Crippen molar-refractivity contribution in [3.05, 3.63) is 18.2 Å². The molecule has 0 saturated heterocycles. The third-order valence-electron chi connectivity index (χ3n) is 4.17. The smallest absolute Gasteiger partial charge is 0.243 e. The molecule has 0 bridgehead atoms. The van der Waals surface area contributed by atoms with Crippen LogP contribution in [0.5, 0.6) is 0 Å². The summed E-state index contributed by atoms with van der Waals surface area (Å²) < 4.78 is 29.0. The van der Waals surface area contributed by atoms with Gasteiger partial charge in [0.05, 0.1) is 21.7 Å². The van der Waals surface area contributed by atoms with Gasteiger partial charge < -0.3 is 4.57 Å².